The third-order valence-electron chi connectivity index (χ3n) is 1.11. The molecule has 11 heavy (non-hydrogen) atoms. The van der Waals surface area contributed by atoms with Gasteiger partial charge in [0.1, 0.15) is 0 Å². The van der Waals surface area contributed by atoms with Gasteiger partial charge in [-0.25, -0.2) is 0 Å². The highest BCUT2D eigenvalue weighted by molar-refractivity contribution is 4.93. The summed E-state index contributed by atoms with van der Waals surface area (Å²) in [6, 6.07) is 0. The third kappa shape index (κ3) is 7.25. The molecule has 0 aliphatic heterocycles. The average molecular weight is 158 g/mol. The summed E-state index contributed by atoms with van der Waals surface area (Å²) in [5.41, 5.74) is 0. The second kappa shape index (κ2) is 7.47. The standard InChI is InChI=1S/C8H14O3/c9-6-2-1-4-8(11)5-3-7-10/h1-3,5,8-11H,4,6-7H2. The van der Waals surface area contributed by atoms with Gasteiger partial charge >= 0.3 is 0 Å². The molecule has 0 aromatic carbocycles. The number of aliphatic hydroxyl groups excluding tert-OH is 3. The van der Waals surface area contributed by atoms with Gasteiger partial charge in [0.2, 0.25) is 0 Å². The van der Waals surface area contributed by atoms with Gasteiger partial charge in [-0.15, -0.1) is 0 Å². The van der Waals surface area contributed by atoms with E-state index in [2.05, 4.69) is 0 Å². The lowest BCUT2D eigenvalue weighted by Crippen LogP contribution is -1.99. The smallest absolute Gasteiger partial charge is 0.0756 e. The molecule has 0 aromatic heterocycles. The molecule has 0 saturated carbocycles. The van der Waals surface area contributed by atoms with E-state index in [1.807, 2.05) is 0 Å². The molecule has 0 saturated heterocycles. The van der Waals surface area contributed by atoms with Gasteiger partial charge < -0.3 is 15.3 Å². The minimum absolute atomic E-state index is 0.00354. The van der Waals surface area contributed by atoms with Crippen molar-refractivity contribution in [2.75, 3.05) is 13.2 Å². The van der Waals surface area contributed by atoms with Crippen molar-refractivity contribution in [3.63, 3.8) is 0 Å². The fourth-order valence-corrected chi connectivity index (χ4v) is 0.607. The molecule has 0 aliphatic carbocycles. The van der Waals surface area contributed by atoms with Gasteiger partial charge in [-0.1, -0.05) is 24.3 Å². The zero-order chi connectivity index (χ0) is 8.53. The Labute approximate surface area is 66.3 Å². The lowest BCUT2D eigenvalue weighted by molar-refractivity contribution is 0.225. The molecule has 0 aromatic rings. The van der Waals surface area contributed by atoms with Crippen LogP contribution in [0.2, 0.25) is 0 Å². The Balaban J connectivity index is 3.43. The zero-order valence-electron chi connectivity index (χ0n) is 6.35. The van der Waals surface area contributed by atoms with Gasteiger partial charge in [-0.05, 0) is 6.42 Å². The van der Waals surface area contributed by atoms with E-state index in [1.165, 1.54) is 12.2 Å². The zero-order valence-corrected chi connectivity index (χ0v) is 6.35. The molecule has 0 rings (SSSR count). The highest BCUT2D eigenvalue weighted by Gasteiger charge is 1.92. The Hall–Kier alpha value is -0.640. The highest BCUT2D eigenvalue weighted by Crippen LogP contribution is 1.94. The summed E-state index contributed by atoms with van der Waals surface area (Å²) in [5.74, 6) is 0. The average Bonchev–Trinajstić information content (AvgIpc) is 2.01. The number of rotatable bonds is 5. The first-order valence-electron chi connectivity index (χ1n) is 3.52. The Kier molecular flexibility index (Phi) is 7.03. The first kappa shape index (κ1) is 10.4. The van der Waals surface area contributed by atoms with Crippen LogP contribution >= 0.6 is 0 Å². The van der Waals surface area contributed by atoms with Crippen LogP contribution in [-0.4, -0.2) is 34.6 Å². The lowest BCUT2D eigenvalue weighted by atomic mass is 10.2. The molecule has 3 N–H and O–H groups in total. The summed E-state index contributed by atoms with van der Waals surface area (Å²) in [6.07, 6.45) is 6.16. The van der Waals surface area contributed by atoms with E-state index in [1.54, 1.807) is 12.2 Å². The molecule has 0 amide bonds. The van der Waals surface area contributed by atoms with E-state index in [9.17, 15) is 0 Å². The second-order valence-corrected chi connectivity index (χ2v) is 2.07. The molecule has 3 nitrogen and oxygen atoms in total. The van der Waals surface area contributed by atoms with Crippen LogP contribution in [-0.2, 0) is 0 Å². The maximum Gasteiger partial charge on any atom is 0.0756 e. The molecule has 0 heterocycles. The van der Waals surface area contributed by atoms with Crippen LogP contribution in [0.15, 0.2) is 24.3 Å². The van der Waals surface area contributed by atoms with Crippen molar-refractivity contribution >= 4 is 0 Å². The van der Waals surface area contributed by atoms with E-state index in [-0.39, 0.29) is 13.2 Å². The fourth-order valence-electron chi connectivity index (χ4n) is 0.607. The first-order chi connectivity index (χ1) is 5.31. The SMILES string of the molecule is OCC=CCC(O)C=CCO. The van der Waals surface area contributed by atoms with Gasteiger partial charge in [0.15, 0.2) is 0 Å². The molecule has 64 valence electrons. The topological polar surface area (TPSA) is 60.7 Å². The molecule has 0 radical (unpaired) electrons. The Morgan fingerprint density at radius 2 is 1.64 bits per heavy atom. The summed E-state index contributed by atoms with van der Waals surface area (Å²) in [4.78, 5) is 0. The van der Waals surface area contributed by atoms with Crippen molar-refractivity contribution in [2.45, 2.75) is 12.5 Å². The van der Waals surface area contributed by atoms with Crippen molar-refractivity contribution in [2.24, 2.45) is 0 Å². The summed E-state index contributed by atoms with van der Waals surface area (Å²) in [7, 11) is 0. The third-order valence-corrected chi connectivity index (χ3v) is 1.11. The van der Waals surface area contributed by atoms with Gasteiger partial charge in [-0.3, -0.25) is 0 Å². The first-order valence-corrected chi connectivity index (χ1v) is 3.52. The van der Waals surface area contributed by atoms with Crippen LogP contribution in [0.3, 0.4) is 0 Å². The van der Waals surface area contributed by atoms with Crippen LogP contribution in [0.25, 0.3) is 0 Å². The largest absolute Gasteiger partial charge is 0.392 e. The molecular formula is C8H14O3. The highest BCUT2D eigenvalue weighted by atomic mass is 16.3. The summed E-state index contributed by atoms with van der Waals surface area (Å²) in [6.45, 7) is -0.0583. The molecule has 0 bridgehead atoms. The lowest BCUT2D eigenvalue weighted by Gasteiger charge is -1.98. The van der Waals surface area contributed by atoms with Crippen LogP contribution in [0.5, 0.6) is 0 Å². The minimum atomic E-state index is -0.565. The van der Waals surface area contributed by atoms with Gasteiger partial charge in [-0.2, -0.15) is 0 Å². The molecule has 0 spiro atoms. The molecule has 0 aliphatic rings. The van der Waals surface area contributed by atoms with E-state index >= 15 is 0 Å². The van der Waals surface area contributed by atoms with Gasteiger partial charge in [0, 0.05) is 0 Å². The molecule has 0 fully saturated rings. The number of hydrogen-bond donors (Lipinski definition) is 3. The Morgan fingerprint density at radius 3 is 2.18 bits per heavy atom. The van der Waals surface area contributed by atoms with Gasteiger partial charge in [0.05, 0.1) is 19.3 Å². The van der Waals surface area contributed by atoms with Crippen LogP contribution in [0.1, 0.15) is 6.42 Å². The number of hydrogen-bond acceptors (Lipinski definition) is 3. The summed E-state index contributed by atoms with van der Waals surface area (Å²) < 4.78 is 0. The van der Waals surface area contributed by atoms with Crippen molar-refractivity contribution in [1.29, 1.82) is 0 Å². The number of aliphatic hydroxyl groups is 3. The Bertz CT molecular complexity index is 129. The van der Waals surface area contributed by atoms with Crippen molar-refractivity contribution < 1.29 is 15.3 Å². The van der Waals surface area contributed by atoms with Crippen molar-refractivity contribution in [3.05, 3.63) is 24.3 Å². The van der Waals surface area contributed by atoms with Crippen molar-refractivity contribution in [1.82, 2.24) is 0 Å². The monoisotopic (exact) mass is 158 g/mol. The van der Waals surface area contributed by atoms with Gasteiger partial charge in [0.25, 0.3) is 0 Å². The maximum absolute atomic E-state index is 9.08. The molecular weight excluding hydrogens is 144 g/mol. The van der Waals surface area contributed by atoms with E-state index in [0.29, 0.717) is 6.42 Å². The van der Waals surface area contributed by atoms with E-state index < -0.39 is 6.10 Å². The van der Waals surface area contributed by atoms with Crippen LogP contribution < -0.4 is 0 Å². The van der Waals surface area contributed by atoms with Crippen LogP contribution in [0, 0.1) is 0 Å². The normalized spacial score (nSPS) is 14.8. The predicted octanol–water partition coefficient (Wildman–Crippen LogP) is -0.166. The van der Waals surface area contributed by atoms with E-state index in [4.69, 9.17) is 15.3 Å². The molecule has 1 unspecified atom stereocenters. The second-order valence-electron chi connectivity index (χ2n) is 2.07. The fraction of sp³-hybridized carbons (Fsp3) is 0.500. The summed E-state index contributed by atoms with van der Waals surface area (Å²) >= 11 is 0. The Morgan fingerprint density at radius 1 is 1.00 bits per heavy atom. The minimum Gasteiger partial charge on any atom is -0.392 e. The maximum atomic E-state index is 9.08. The van der Waals surface area contributed by atoms with Crippen molar-refractivity contribution in [3.8, 4) is 0 Å². The van der Waals surface area contributed by atoms with E-state index in [0.717, 1.165) is 0 Å². The molecule has 3 heteroatoms. The molecule has 1 atom stereocenters. The summed E-state index contributed by atoms with van der Waals surface area (Å²) in [5, 5.41) is 25.7. The predicted molar refractivity (Wildman–Crippen MR) is 43.1 cm³/mol. The quantitative estimate of drug-likeness (QED) is 0.487. The van der Waals surface area contributed by atoms with Crippen LogP contribution in [0.4, 0.5) is 0 Å².